The zero-order chi connectivity index (χ0) is 41.3. The van der Waals surface area contributed by atoms with Crippen LogP contribution in [0.25, 0.3) is 0 Å². The molecule has 7 aliphatic rings. The fraction of sp³-hybridized carbons (Fsp3) is 1.00. The Morgan fingerprint density at radius 3 is 2.04 bits per heavy atom. The number of ether oxygens (including phenoxy) is 5. The largest absolute Gasteiger partial charge is 0.394 e. The first kappa shape index (κ1) is 43.5. The van der Waals surface area contributed by atoms with Gasteiger partial charge in [-0.2, -0.15) is 0 Å². The van der Waals surface area contributed by atoms with Gasteiger partial charge in [-0.05, 0) is 124 Å². The maximum absolute atomic E-state index is 12.4. The smallest absolute Gasteiger partial charge is 0.187 e. The molecular weight excluding hydrogens is 728 g/mol. The van der Waals surface area contributed by atoms with Crippen LogP contribution in [0.15, 0.2) is 0 Å². The van der Waals surface area contributed by atoms with Gasteiger partial charge in [-0.3, -0.25) is 0 Å². The van der Waals surface area contributed by atoms with E-state index < -0.39 is 114 Å². The Bertz CT molecular complexity index is 1430. The van der Waals surface area contributed by atoms with Gasteiger partial charge in [0.2, 0.25) is 0 Å². The van der Waals surface area contributed by atoms with E-state index in [1.807, 2.05) is 0 Å². The Morgan fingerprint density at radius 2 is 1.41 bits per heavy atom. The van der Waals surface area contributed by atoms with E-state index in [4.69, 9.17) is 23.7 Å². The molecule has 12 unspecified atom stereocenters. The summed E-state index contributed by atoms with van der Waals surface area (Å²) in [6, 6.07) is 0. The Morgan fingerprint density at radius 1 is 0.732 bits per heavy atom. The van der Waals surface area contributed by atoms with Crippen LogP contribution in [0.3, 0.4) is 0 Å². The highest BCUT2D eigenvalue weighted by Crippen LogP contribution is 2.76. The van der Waals surface area contributed by atoms with Crippen LogP contribution in [0.1, 0.15) is 114 Å². The molecule has 3 aliphatic heterocycles. The first-order chi connectivity index (χ1) is 25.9. The Balaban J connectivity index is 1.26. The lowest BCUT2D eigenvalue weighted by Gasteiger charge is -2.72. The number of fused-ring (bicyclic) bond motifs is 5. The minimum absolute atomic E-state index is 0.0557. The molecule has 0 aromatic rings. The molecule has 7 rings (SSSR count). The average molecular weight is 801 g/mol. The van der Waals surface area contributed by atoms with E-state index >= 15 is 0 Å². The third kappa shape index (κ3) is 6.49. The number of aliphatic hydroxyl groups is 9. The van der Waals surface area contributed by atoms with E-state index in [1.165, 1.54) is 6.92 Å². The van der Waals surface area contributed by atoms with Crippen LogP contribution in [-0.4, -0.2) is 150 Å². The van der Waals surface area contributed by atoms with Crippen molar-refractivity contribution in [3.63, 3.8) is 0 Å². The molecule has 324 valence electrons. The second-order valence-electron chi connectivity index (χ2n) is 21.2. The molecule has 0 aromatic carbocycles. The van der Waals surface area contributed by atoms with Crippen LogP contribution in [0.4, 0.5) is 0 Å². The van der Waals surface area contributed by atoms with Crippen molar-refractivity contribution < 1.29 is 69.6 Å². The Kier molecular flexibility index (Phi) is 11.3. The third-order valence-electron chi connectivity index (χ3n) is 17.3. The van der Waals surface area contributed by atoms with Crippen molar-refractivity contribution in [3.8, 4) is 0 Å². The number of hydrogen-bond acceptors (Lipinski definition) is 14. The molecule has 0 aromatic heterocycles. The maximum atomic E-state index is 12.4. The summed E-state index contributed by atoms with van der Waals surface area (Å²) in [5, 5.41) is 99.5. The van der Waals surface area contributed by atoms with Gasteiger partial charge in [0.1, 0.15) is 42.7 Å². The summed E-state index contributed by atoms with van der Waals surface area (Å²) in [6.07, 6.45) is -11.0. The van der Waals surface area contributed by atoms with Crippen molar-refractivity contribution in [2.24, 2.45) is 45.3 Å². The van der Waals surface area contributed by atoms with Gasteiger partial charge < -0.3 is 69.6 Å². The van der Waals surface area contributed by atoms with Crippen molar-refractivity contribution >= 4 is 0 Å². The topological polar surface area (TPSA) is 228 Å². The van der Waals surface area contributed by atoms with Crippen molar-refractivity contribution in [2.75, 3.05) is 6.61 Å². The molecule has 14 heteroatoms. The zero-order valence-corrected chi connectivity index (χ0v) is 34.8. The third-order valence-corrected chi connectivity index (χ3v) is 17.3. The molecule has 4 saturated carbocycles. The summed E-state index contributed by atoms with van der Waals surface area (Å²) >= 11 is 0. The van der Waals surface area contributed by atoms with Crippen LogP contribution in [-0.2, 0) is 23.7 Å². The van der Waals surface area contributed by atoms with E-state index in [9.17, 15) is 46.0 Å². The monoisotopic (exact) mass is 800 g/mol. The molecule has 0 spiro atoms. The summed E-state index contributed by atoms with van der Waals surface area (Å²) in [5.74, 6) is -0.246. The molecule has 14 nitrogen and oxygen atoms in total. The first-order valence-electron chi connectivity index (χ1n) is 21.2. The quantitative estimate of drug-likeness (QED) is 0.166. The summed E-state index contributed by atoms with van der Waals surface area (Å²) in [4.78, 5) is 0. The van der Waals surface area contributed by atoms with Gasteiger partial charge in [0.25, 0.3) is 0 Å². The van der Waals surface area contributed by atoms with Crippen molar-refractivity contribution in [1.29, 1.82) is 0 Å². The van der Waals surface area contributed by atoms with Gasteiger partial charge in [-0.25, -0.2) is 0 Å². The molecule has 56 heavy (non-hydrogen) atoms. The van der Waals surface area contributed by atoms with Crippen LogP contribution in [0.5, 0.6) is 0 Å². The lowest BCUT2D eigenvalue weighted by atomic mass is 9.34. The maximum Gasteiger partial charge on any atom is 0.187 e. The molecule has 3 heterocycles. The lowest BCUT2D eigenvalue weighted by molar-refractivity contribution is -0.382. The van der Waals surface area contributed by atoms with E-state index in [1.54, 1.807) is 13.8 Å². The predicted octanol–water partition coefficient (Wildman–Crippen LogP) is 1.36. The van der Waals surface area contributed by atoms with E-state index in [2.05, 4.69) is 41.5 Å². The summed E-state index contributed by atoms with van der Waals surface area (Å²) in [7, 11) is 0. The summed E-state index contributed by atoms with van der Waals surface area (Å²) in [6.45, 7) is 17.6. The minimum Gasteiger partial charge on any atom is -0.394 e. The van der Waals surface area contributed by atoms with Crippen molar-refractivity contribution in [1.82, 2.24) is 0 Å². The van der Waals surface area contributed by atoms with Crippen molar-refractivity contribution in [3.05, 3.63) is 0 Å². The van der Waals surface area contributed by atoms with E-state index in [0.29, 0.717) is 25.7 Å². The van der Waals surface area contributed by atoms with E-state index in [0.717, 1.165) is 25.7 Å². The molecule has 0 radical (unpaired) electrons. The molecule has 0 amide bonds. The second kappa shape index (κ2) is 14.5. The first-order valence-corrected chi connectivity index (χ1v) is 21.2. The predicted molar refractivity (Wildman–Crippen MR) is 200 cm³/mol. The fourth-order valence-electron chi connectivity index (χ4n) is 14.1. The lowest BCUT2D eigenvalue weighted by Crippen LogP contribution is -2.71. The molecular formula is C42H72O14. The van der Waals surface area contributed by atoms with Crippen LogP contribution < -0.4 is 0 Å². The van der Waals surface area contributed by atoms with Gasteiger partial charge in [-0.1, -0.05) is 34.6 Å². The number of rotatable bonds is 7. The highest BCUT2D eigenvalue weighted by molar-refractivity contribution is 5.22. The molecule has 9 N–H and O–H groups in total. The van der Waals surface area contributed by atoms with Gasteiger partial charge in [0.05, 0.1) is 48.3 Å². The van der Waals surface area contributed by atoms with Crippen molar-refractivity contribution in [2.45, 2.75) is 211 Å². The molecule has 3 saturated heterocycles. The highest BCUT2D eigenvalue weighted by Gasteiger charge is 2.74. The highest BCUT2D eigenvalue weighted by atomic mass is 16.8. The van der Waals surface area contributed by atoms with Gasteiger partial charge in [0.15, 0.2) is 12.6 Å². The normalized spacial score (nSPS) is 57.3. The standard InChI is InChI=1S/C42H72O14/c1-19-28(46)30(48)32(50)35(52-19)55-33-31(49)29(47)23(18-43)54-36(33)53-22-17-41(8)24(39(6)13-11-25(45)37(2,3)34(22)39)16-21(44)27-20(10-14-40(27,41)7)42(9)15-12-26(56-42)38(4,5)51/h19-36,43-51H,10-18H2,1-9H3/t19?,20-,21?,22?,23?,24+,25?,26?,27-,28?,29?,30?,31?,32?,33?,34-,35+,36-,39+,40-,41-,42+/m0/s1. The van der Waals surface area contributed by atoms with Crippen LogP contribution in [0.2, 0.25) is 0 Å². The number of aliphatic hydroxyl groups excluding tert-OH is 8. The molecule has 0 bridgehead atoms. The fourth-order valence-corrected chi connectivity index (χ4v) is 14.1. The van der Waals surface area contributed by atoms with Gasteiger partial charge in [-0.15, -0.1) is 0 Å². The van der Waals surface area contributed by atoms with E-state index in [-0.39, 0.29) is 35.2 Å². The molecule has 4 aliphatic carbocycles. The Labute approximate surface area is 331 Å². The summed E-state index contributed by atoms with van der Waals surface area (Å²) < 4.78 is 32.0. The second-order valence-corrected chi connectivity index (χ2v) is 21.2. The SMILES string of the molecule is CC1O[C@H](OC2C(O)C(O)C(CO)O[C@@H]2OC2C[C@@]3(C)[C@H](CC(O)[C@@H]4[C@@H]([C@@]5(C)CCC(C(C)(C)O)O5)CC[C@@]43C)[C@@]3(C)CCC(O)C(C)(C)[C@H]23)C(O)C(O)C1O. The average Bonchev–Trinajstić information content (AvgIpc) is 3.71. The Hall–Kier alpha value is -0.560. The van der Waals surface area contributed by atoms with Gasteiger partial charge in [0, 0.05) is 0 Å². The summed E-state index contributed by atoms with van der Waals surface area (Å²) in [5.41, 5.74) is -3.36. The molecule has 22 atom stereocenters. The molecule has 7 fully saturated rings. The van der Waals surface area contributed by atoms with Crippen LogP contribution in [0, 0.1) is 45.3 Å². The van der Waals surface area contributed by atoms with Crippen LogP contribution >= 0.6 is 0 Å². The minimum atomic E-state index is -1.70. The number of hydrogen-bond donors (Lipinski definition) is 9. The van der Waals surface area contributed by atoms with Gasteiger partial charge >= 0.3 is 0 Å². The zero-order valence-electron chi connectivity index (χ0n) is 34.8.